The van der Waals surface area contributed by atoms with Crippen molar-refractivity contribution in [2.45, 2.75) is 96.2 Å². The molecule has 0 aromatic heterocycles. The molecule has 154 valence electrons. The molecule has 0 spiro atoms. The molecule has 0 aromatic carbocycles. The lowest BCUT2D eigenvalue weighted by atomic mass is 10.0. The number of carboxylic acids is 1. The standard InChI is InChI=1S/C19H36O6S/c1-3-4-5-13-16-19(22,25-26(2,23)24)17-14-11-9-7-6-8-10-12-15-18(20)21/h11,14,22H,3-10,12-13,15-17H2,1-2H3,(H,20,21)/b14-11-/t19-/m0/s1. The van der Waals surface area contributed by atoms with E-state index < -0.39 is 21.9 Å². The summed E-state index contributed by atoms with van der Waals surface area (Å²) < 4.78 is 27.7. The molecule has 0 rings (SSSR count). The van der Waals surface area contributed by atoms with Gasteiger partial charge in [-0.25, -0.2) is 4.18 Å². The fourth-order valence-corrected chi connectivity index (χ4v) is 3.46. The van der Waals surface area contributed by atoms with Gasteiger partial charge in [-0.1, -0.05) is 57.6 Å². The molecule has 0 saturated heterocycles. The van der Waals surface area contributed by atoms with Crippen LogP contribution in [-0.4, -0.2) is 36.6 Å². The lowest BCUT2D eigenvalue weighted by molar-refractivity contribution is -0.137. The summed E-state index contributed by atoms with van der Waals surface area (Å²) in [4.78, 5) is 10.4. The number of allylic oxidation sites excluding steroid dienone is 1. The molecule has 0 aromatic rings. The lowest BCUT2D eigenvalue weighted by Gasteiger charge is -2.25. The van der Waals surface area contributed by atoms with Crippen LogP contribution in [0.3, 0.4) is 0 Å². The lowest BCUT2D eigenvalue weighted by Crippen LogP contribution is -2.34. The number of carboxylic acid groups (broad SMARTS) is 1. The van der Waals surface area contributed by atoms with Crippen molar-refractivity contribution < 1.29 is 27.6 Å². The van der Waals surface area contributed by atoms with Crippen molar-refractivity contribution in [3.05, 3.63) is 12.2 Å². The van der Waals surface area contributed by atoms with Crippen LogP contribution in [0.4, 0.5) is 0 Å². The number of aliphatic carboxylic acids is 1. The smallest absolute Gasteiger partial charge is 0.303 e. The molecular weight excluding hydrogens is 356 g/mol. The Morgan fingerprint density at radius 1 is 1.00 bits per heavy atom. The molecule has 0 aliphatic rings. The Morgan fingerprint density at radius 2 is 1.62 bits per heavy atom. The van der Waals surface area contributed by atoms with Crippen LogP contribution in [0.15, 0.2) is 12.2 Å². The molecule has 0 fully saturated rings. The minimum Gasteiger partial charge on any atom is -0.481 e. The maximum atomic E-state index is 11.4. The van der Waals surface area contributed by atoms with Crippen molar-refractivity contribution in [3.63, 3.8) is 0 Å². The fourth-order valence-electron chi connectivity index (χ4n) is 2.74. The van der Waals surface area contributed by atoms with Gasteiger partial charge in [-0.3, -0.25) is 4.79 Å². The molecule has 7 heteroatoms. The van der Waals surface area contributed by atoms with Gasteiger partial charge < -0.3 is 10.2 Å². The first-order chi connectivity index (χ1) is 12.2. The van der Waals surface area contributed by atoms with Crippen LogP contribution >= 0.6 is 0 Å². The Hall–Kier alpha value is -0.920. The number of aliphatic hydroxyl groups is 1. The van der Waals surface area contributed by atoms with Crippen molar-refractivity contribution >= 4 is 16.1 Å². The minimum atomic E-state index is -3.72. The van der Waals surface area contributed by atoms with Crippen molar-refractivity contribution in [2.24, 2.45) is 0 Å². The second-order valence-corrected chi connectivity index (χ2v) is 8.49. The van der Waals surface area contributed by atoms with Crippen LogP contribution in [0.2, 0.25) is 0 Å². The molecular formula is C19H36O6S. The second-order valence-electron chi connectivity index (χ2n) is 6.92. The molecule has 0 heterocycles. The van der Waals surface area contributed by atoms with Gasteiger partial charge in [-0.2, -0.15) is 8.42 Å². The van der Waals surface area contributed by atoms with Crippen molar-refractivity contribution in [2.75, 3.05) is 6.26 Å². The highest BCUT2D eigenvalue weighted by Crippen LogP contribution is 2.24. The summed E-state index contributed by atoms with van der Waals surface area (Å²) in [6.45, 7) is 2.09. The third kappa shape index (κ3) is 16.5. The maximum absolute atomic E-state index is 11.4. The predicted octanol–water partition coefficient (Wildman–Crippen LogP) is 4.38. The number of hydrogen-bond acceptors (Lipinski definition) is 5. The van der Waals surface area contributed by atoms with Crippen LogP contribution in [0, 0.1) is 0 Å². The molecule has 0 radical (unpaired) electrons. The van der Waals surface area contributed by atoms with E-state index in [1.807, 2.05) is 6.08 Å². The van der Waals surface area contributed by atoms with Gasteiger partial charge in [-0.15, -0.1) is 0 Å². The topological polar surface area (TPSA) is 101 Å². The van der Waals surface area contributed by atoms with E-state index in [-0.39, 0.29) is 12.8 Å². The average Bonchev–Trinajstić information content (AvgIpc) is 2.51. The van der Waals surface area contributed by atoms with E-state index >= 15 is 0 Å². The van der Waals surface area contributed by atoms with Gasteiger partial charge in [0.2, 0.25) is 0 Å². The molecule has 0 saturated carbocycles. The molecule has 0 amide bonds. The third-order valence-corrected chi connectivity index (χ3v) is 4.71. The number of carbonyl (C=O) groups is 1. The van der Waals surface area contributed by atoms with Crippen molar-refractivity contribution in [1.29, 1.82) is 0 Å². The Labute approximate surface area is 158 Å². The zero-order valence-electron chi connectivity index (χ0n) is 16.3. The molecule has 0 bridgehead atoms. The minimum absolute atomic E-state index is 0.158. The number of rotatable bonds is 17. The van der Waals surface area contributed by atoms with E-state index in [1.54, 1.807) is 6.08 Å². The van der Waals surface area contributed by atoms with E-state index in [4.69, 9.17) is 9.29 Å². The van der Waals surface area contributed by atoms with Gasteiger partial charge in [0, 0.05) is 19.3 Å². The van der Waals surface area contributed by atoms with Gasteiger partial charge in [0.25, 0.3) is 10.1 Å². The summed E-state index contributed by atoms with van der Waals surface area (Å²) >= 11 is 0. The third-order valence-electron chi connectivity index (χ3n) is 4.09. The summed E-state index contributed by atoms with van der Waals surface area (Å²) in [6, 6.07) is 0. The van der Waals surface area contributed by atoms with E-state index in [1.165, 1.54) is 0 Å². The molecule has 26 heavy (non-hydrogen) atoms. The van der Waals surface area contributed by atoms with Gasteiger partial charge in [-0.05, 0) is 25.7 Å². The van der Waals surface area contributed by atoms with Crippen LogP contribution in [-0.2, 0) is 19.1 Å². The SMILES string of the molecule is CCCCCC[C@@](O)(C/C=C\CCCCCCCC(=O)O)OS(C)(=O)=O. The highest BCUT2D eigenvalue weighted by molar-refractivity contribution is 7.86. The van der Waals surface area contributed by atoms with Crippen LogP contribution < -0.4 is 0 Å². The zero-order chi connectivity index (χ0) is 19.9. The highest BCUT2D eigenvalue weighted by Gasteiger charge is 2.30. The van der Waals surface area contributed by atoms with Crippen LogP contribution in [0.1, 0.15) is 90.4 Å². The number of unbranched alkanes of at least 4 members (excludes halogenated alkanes) is 8. The van der Waals surface area contributed by atoms with Gasteiger partial charge in [0.1, 0.15) is 0 Å². The summed E-state index contributed by atoms with van der Waals surface area (Å²) in [6.07, 6.45) is 14.7. The largest absolute Gasteiger partial charge is 0.481 e. The molecule has 6 nitrogen and oxygen atoms in total. The molecule has 0 unspecified atom stereocenters. The molecule has 2 N–H and O–H groups in total. The number of hydrogen-bond donors (Lipinski definition) is 2. The Morgan fingerprint density at radius 3 is 2.23 bits per heavy atom. The van der Waals surface area contributed by atoms with E-state index in [9.17, 15) is 18.3 Å². The van der Waals surface area contributed by atoms with E-state index in [2.05, 4.69) is 6.92 Å². The van der Waals surface area contributed by atoms with Crippen molar-refractivity contribution in [1.82, 2.24) is 0 Å². The predicted molar refractivity (Wildman–Crippen MR) is 103 cm³/mol. The summed E-state index contributed by atoms with van der Waals surface area (Å²) in [5.74, 6) is -2.40. The molecule has 0 aliphatic carbocycles. The summed E-state index contributed by atoms with van der Waals surface area (Å²) in [5.41, 5.74) is 0. The average molecular weight is 393 g/mol. The first kappa shape index (κ1) is 25.1. The normalized spacial score (nSPS) is 14.6. The highest BCUT2D eigenvalue weighted by atomic mass is 32.2. The zero-order valence-corrected chi connectivity index (χ0v) is 17.1. The van der Waals surface area contributed by atoms with Gasteiger partial charge in [0.15, 0.2) is 5.79 Å². The van der Waals surface area contributed by atoms with E-state index in [0.717, 1.165) is 70.5 Å². The fraction of sp³-hybridized carbons (Fsp3) is 0.842. The Balaban J connectivity index is 4.09. The Kier molecular flexibility index (Phi) is 13.7. The molecule has 1 atom stereocenters. The van der Waals surface area contributed by atoms with Crippen molar-refractivity contribution in [3.8, 4) is 0 Å². The first-order valence-corrected chi connectivity index (χ1v) is 11.5. The summed E-state index contributed by atoms with van der Waals surface area (Å²) in [7, 11) is -3.72. The first-order valence-electron chi connectivity index (χ1n) is 9.68. The van der Waals surface area contributed by atoms with Crippen LogP contribution in [0.5, 0.6) is 0 Å². The Bertz CT molecular complexity index is 500. The summed E-state index contributed by atoms with van der Waals surface area (Å²) in [5, 5.41) is 19.0. The van der Waals surface area contributed by atoms with Gasteiger partial charge >= 0.3 is 5.97 Å². The second kappa shape index (κ2) is 14.2. The monoisotopic (exact) mass is 392 g/mol. The quantitative estimate of drug-likeness (QED) is 0.165. The van der Waals surface area contributed by atoms with Gasteiger partial charge in [0.05, 0.1) is 6.26 Å². The van der Waals surface area contributed by atoms with Crippen LogP contribution in [0.25, 0.3) is 0 Å². The van der Waals surface area contributed by atoms with E-state index in [0.29, 0.717) is 6.42 Å². The maximum Gasteiger partial charge on any atom is 0.303 e. The molecule has 0 aliphatic heterocycles.